The van der Waals surface area contributed by atoms with E-state index in [1.807, 2.05) is 0 Å². The lowest BCUT2D eigenvalue weighted by Gasteiger charge is -2.20. The van der Waals surface area contributed by atoms with E-state index >= 15 is 0 Å². The Morgan fingerprint density at radius 2 is 1.95 bits per heavy atom. The van der Waals surface area contributed by atoms with Crippen LogP contribution in [0.3, 0.4) is 0 Å². The van der Waals surface area contributed by atoms with Gasteiger partial charge in [-0.3, -0.25) is 9.63 Å². The largest absolute Gasteiger partial charge is 0.478 e. The van der Waals surface area contributed by atoms with Crippen molar-refractivity contribution in [3.8, 4) is 5.75 Å². The molecule has 2 atom stereocenters. The van der Waals surface area contributed by atoms with Crippen LogP contribution < -0.4 is 4.74 Å². The highest BCUT2D eigenvalue weighted by molar-refractivity contribution is 5.92. The van der Waals surface area contributed by atoms with Gasteiger partial charge < -0.3 is 14.6 Å². The average molecular weight is 313 g/mol. The van der Waals surface area contributed by atoms with Crippen molar-refractivity contribution in [2.75, 3.05) is 0 Å². The van der Waals surface area contributed by atoms with Crippen LogP contribution in [-0.4, -0.2) is 28.4 Å². The van der Waals surface area contributed by atoms with Gasteiger partial charge in [-0.25, -0.2) is 4.79 Å². The van der Waals surface area contributed by atoms with E-state index in [1.165, 1.54) is 32.0 Å². The molecule has 2 unspecified atom stereocenters. The van der Waals surface area contributed by atoms with Gasteiger partial charge >= 0.3 is 11.9 Å². The van der Waals surface area contributed by atoms with E-state index in [0.29, 0.717) is 0 Å². The molecule has 9 nitrogen and oxygen atoms in total. The van der Waals surface area contributed by atoms with E-state index in [0.717, 1.165) is 6.92 Å². The van der Waals surface area contributed by atoms with Crippen LogP contribution >= 0.6 is 0 Å². The molecule has 1 aromatic rings. The summed E-state index contributed by atoms with van der Waals surface area (Å²) in [5.41, 5.74) is 0.0416. The lowest BCUT2D eigenvalue weighted by atomic mass is 10.0. The number of carbonyl (C=O) groups excluding carboxylic acids is 1. The summed E-state index contributed by atoms with van der Waals surface area (Å²) in [6.07, 6.45) is -1.98. The molecular weight excluding hydrogens is 298 g/mol. The molecule has 0 fully saturated rings. The minimum absolute atomic E-state index is 0.164. The van der Waals surface area contributed by atoms with Gasteiger partial charge in [-0.1, -0.05) is 12.1 Å². The number of benzene rings is 1. The van der Waals surface area contributed by atoms with Crippen molar-refractivity contribution < 1.29 is 34.1 Å². The number of para-hydroxylation sites is 1. The average Bonchev–Trinajstić information content (AvgIpc) is 2.36. The van der Waals surface area contributed by atoms with Crippen LogP contribution in [0.4, 0.5) is 0 Å². The second-order valence-electron chi connectivity index (χ2n) is 4.30. The second-order valence-corrected chi connectivity index (χ2v) is 4.30. The van der Waals surface area contributed by atoms with E-state index in [-0.39, 0.29) is 16.9 Å². The summed E-state index contributed by atoms with van der Waals surface area (Å²) >= 11 is 0. The Kier molecular flexibility index (Phi) is 5.81. The normalized spacial score (nSPS) is 13.0. The lowest BCUT2D eigenvalue weighted by Crippen LogP contribution is -2.20. The Hall–Kier alpha value is -2.68. The molecule has 0 amide bonds. The highest BCUT2D eigenvalue weighted by atomic mass is 17.0. The molecule has 0 aliphatic rings. The van der Waals surface area contributed by atoms with Gasteiger partial charge in [-0.15, -0.1) is 10.1 Å². The maximum Gasteiger partial charge on any atom is 0.339 e. The van der Waals surface area contributed by atoms with Crippen LogP contribution in [0.5, 0.6) is 5.75 Å². The number of carboxylic acids is 1. The molecule has 0 aliphatic heterocycles. The topological polar surface area (TPSA) is 125 Å². The first-order valence-corrected chi connectivity index (χ1v) is 6.23. The zero-order chi connectivity index (χ0) is 16.9. The van der Waals surface area contributed by atoms with Gasteiger partial charge in [-0.2, -0.15) is 0 Å². The van der Waals surface area contributed by atoms with Gasteiger partial charge in [0.2, 0.25) is 6.29 Å². The Balaban J connectivity index is 3.11. The SMILES string of the molecule is CC(=O)Oc1c(C(=O)O)cccc1C(C)OC(C)O[N+](=O)[O-]. The first kappa shape index (κ1) is 17.4. The van der Waals surface area contributed by atoms with Gasteiger partial charge in [0.15, 0.2) is 5.75 Å². The van der Waals surface area contributed by atoms with E-state index in [4.69, 9.17) is 14.6 Å². The van der Waals surface area contributed by atoms with E-state index in [9.17, 15) is 19.7 Å². The molecule has 0 spiro atoms. The molecule has 120 valence electrons. The van der Waals surface area contributed by atoms with Crippen molar-refractivity contribution in [3.05, 3.63) is 39.4 Å². The van der Waals surface area contributed by atoms with E-state index < -0.39 is 29.4 Å². The third kappa shape index (κ3) is 4.70. The van der Waals surface area contributed by atoms with Gasteiger partial charge in [0.25, 0.3) is 5.09 Å². The summed E-state index contributed by atoms with van der Waals surface area (Å²) in [5.74, 6) is -2.14. The molecule has 9 heteroatoms. The fourth-order valence-corrected chi connectivity index (χ4v) is 1.81. The predicted molar refractivity (Wildman–Crippen MR) is 71.8 cm³/mol. The van der Waals surface area contributed by atoms with Crippen molar-refractivity contribution in [2.24, 2.45) is 0 Å². The molecule has 0 bridgehead atoms. The number of aromatic carboxylic acids is 1. The first-order chi connectivity index (χ1) is 10.2. The highest BCUT2D eigenvalue weighted by Crippen LogP contribution is 2.32. The Morgan fingerprint density at radius 1 is 1.32 bits per heavy atom. The van der Waals surface area contributed by atoms with Crippen LogP contribution in [-0.2, 0) is 14.4 Å². The minimum atomic E-state index is -1.28. The third-order valence-corrected chi connectivity index (χ3v) is 2.59. The lowest BCUT2D eigenvalue weighted by molar-refractivity contribution is -0.780. The molecule has 0 saturated heterocycles. The Labute approximate surface area is 125 Å². The smallest absolute Gasteiger partial charge is 0.339 e. The minimum Gasteiger partial charge on any atom is -0.478 e. The molecule has 0 heterocycles. The number of hydrogen-bond acceptors (Lipinski definition) is 7. The first-order valence-electron chi connectivity index (χ1n) is 6.23. The molecule has 0 aliphatic carbocycles. The summed E-state index contributed by atoms with van der Waals surface area (Å²) < 4.78 is 10.2. The summed E-state index contributed by atoms with van der Waals surface area (Å²) in [6.45, 7) is 3.96. The van der Waals surface area contributed by atoms with Gasteiger partial charge in [0.05, 0.1) is 6.10 Å². The summed E-state index contributed by atoms with van der Waals surface area (Å²) in [6, 6.07) is 4.21. The number of esters is 1. The fourth-order valence-electron chi connectivity index (χ4n) is 1.81. The molecule has 1 rings (SSSR count). The van der Waals surface area contributed by atoms with Crippen LogP contribution in [0.2, 0.25) is 0 Å². The zero-order valence-corrected chi connectivity index (χ0v) is 12.1. The summed E-state index contributed by atoms with van der Waals surface area (Å²) in [4.78, 5) is 36.8. The molecule has 22 heavy (non-hydrogen) atoms. The molecule has 1 N–H and O–H groups in total. The van der Waals surface area contributed by atoms with Crippen molar-refractivity contribution in [3.63, 3.8) is 0 Å². The number of rotatable bonds is 7. The van der Waals surface area contributed by atoms with Crippen LogP contribution in [0.15, 0.2) is 18.2 Å². The van der Waals surface area contributed by atoms with Crippen LogP contribution in [0, 0.1) is 10.1 Å². The van der Waals surface area contributed by atoms with Crippen molar-refractivity contribution in [1.82, 2.24) is 0 Å². The van der Waals surface area contributed by atoms with E-state index in [2.05, 4.69) is 4.84 Å². The van der Waals surface area contributed by atoms with Crippen molar-refractivity contribution >= 4 is 11.9 Å². The quantitative estimate of drug-likeness (QED) is 0.266. The zero-order valence-electron chi connectivity index (χ0n) is 12.1. The second kappa shape index (κ2) is 7.36. The number of ether oxygens (including phenoxy) is 2. The van der Waals surface area contributed by atoms with Gasteiger partial charge in [0.1, 0.15) is 5.56 Å². The Bertz CT molecular complexity index is 585. The number of hydrogen-bond donors (Lipinski definition) is 1. The molecule has 0 aromatic heterocycles. The van der Waals surface area contributed by atoms with Crippen LogP contribution in [0.1, 0.15) is 42.8 Å². The predicted octanol–water partition coefficient (Wildman–Crippen LogP) is 1.94. The van der Waals surface area contributed by atoms with E-state index in [1.54, 1.807) is 0 Å². The maximum absolute atomic E-state index is 11.2. The maximum atomic E-state index is 11.2. The van der Waals surface area contributed by atoms with Gasteiger partial charge in [-0.05, 0) is 19.9 Å². The van der Waals surface area contributed by atoms with Crippen LogP contribution in [0.25, 0.3) is 0 Å². The summed E-state index contributed by atoms with van der Waals surface area (Å²) in [5, 5.41) is 18.4. The van der Waals surface area contributed by atoms with Crippen molar-refractivity contribution in [2.45, 2.75) is 33.2 Å². The third-order valence-electron chi connectivity index (χ3n) is 2.59. The van der Waals surface area contributed by atoms with Crippen molar-refractivity contribution in [1.29, 1.82) is 0 Å². The number of carboxylic acid groups (broad SMARTS) is 1. The van der Waals surface area contributed by atoms with Gasteiger partial charge in [0, 0.05) is 12.5 Å². The monoisotopic (exact) mass is 313 g/mol. The standard InChI is InChI=1S/C13H15NO8/c1-7(20-9(3)22-14(18)19)10-5-4-6-11(13(16)17)12(10)21-8(2)15/h4-7,9H,1-3H3,(H,16,17). The highest BCUT2D eigenvalue weighted by Gasteiger charge is 2.23. The molecule has 1 aromatic carbocycles. The fraction of sp³-hybridized carbons (Fsp3) is 0.385. The molecular formula is C13H15NO8. The Morgan fingerprint density at radius 3 is 2.45 bits per heavy atom. The summed E-state index contributed by atoms with van der Waals surface area (Å²) in [7, 11) is 0. The molecule has 0 radical (unpaired) electrons. The molecule has 0 saturated carbocycles. The number of carbonyl (C=O) groups is 2. The number of nitrogens with zero attached hydrogens (tertiary/aromatic N) is 1.